The summed E-state index contributed by atoms with van der Waals surface area (Å²) in [5.41, 5.74) is 0. The van der Waals surface area contributed by atoms with Crippen molar-refractivity contribution in [3.63, 3.8) is 0 Å². The predicted molar refractivity (Wildman–Crippen MR) is 38.6 cm³/mol. The summed E-state index contributed by atoms with van der Waals surface area (Å²) in [7, 11) is -0.143. The molecule has 8 heavy (non-hydrogen) atoms. The summed E-state index contributed by atoms with van der Waals surface area (Å²) in [4.78, 5) is 10.7. The first-order valence-corrected chi connectivity index (χ1v) is 4.77. The molecule has 0 radical (unpaired) electrons. The van der Waals surface area contributed by atoms with Gasteiger partial charge in [0.05, 0.1) is 0 Å². The summed E-state index contributed by atoms with van der Waals surface area (Å²) in [6.07, 6.45) is 2.59. The molecule has 0 unspecified atom stereocenters. The second-order valence-electron chi connectivity index (χ2n) is 2.21. The smallest absolute Gasteiger partial charge is 0.166 e. The number of rotatable bonds is 0. The average molecular weight is 132 g/mol. The second-order valence-corrected chi connectivity index (χ2v) is 4.82. The zero-order valence-corrected chi connectivity index (χ0v) is 6.08. The van der Waals surface area contributed by atoms with Crippen LogP contribution in [0.25, 0.3) is 0 Å². The molecule has 1 rings (SSSR count). The summed E-state index contributed by atoms with van der Waals surface area (Å²) in [6, 6.07) is 0. The molecule has 0 aromatic rings. The fourth-order valence-corrected chi connectivity index (χ4v) is 3.10. The van der Waals surface area contributed by atoms with Gasteiger partial charge in [-0.2, -0.15) is 10.9 Å². The van der Waals surface area contributed by atoms with Crippen LogP contribution in [0.5, 0.6) is 0 Å². The minimum Gasteiger partial charge on any atom is -0.289 e. The van der Waals surface area contributed by atoms with E-state index in [1.165, 1.54) is 24.3 Å². The van der Waals surface area contributed by atoms with E-state index in [2.05, 4.69) is 0 Å². The van der Waals surface area contributed by atoms with Crippen LogP contribution >= 0.6 is 10.9 Å². The highest BCUT2D eigenvalue weighted by atomic mass is 32.2. The van der Waals surface area contributed by atoms with Gasteiger partial charge in [0.15, 0.2) is 5.12 Å². The third kappa shape index (κ3) is 1.25. The molecule has 0 aromatic carbocycles. The Kier molecular flexibility index (Phi) is 1.95. The molecule has 2 heteroatoms. The van der Waals surface area contributed by atoms with Gasteiger partial charge in [-0.15, -0.1) is 0 Å². The van der Waals surface area contributed by atoms with Crippen LogP contribution in [0, 0.1) is 0 Å². The Hall–Kier alpha value is 0.0200. The van der Waals surface area contributed by atoms with Crippen molar-refractivity contribution in [1.29, 1.82) is 0 Å². The molecule has 0 aromatic heterocycles. The van der Waals surface area contributed by atoms with E-state index in [4.69, 9.17) is 0 Å². The summed E-state index contributed by atoms with van der Waals surface area (Å²) < 4.78 is 0. The van der Waals surface area contributed by atoms with E-state index in [-0.39, 0.29) is 10.9 Å². The highest BCUT2D eigenvalue weighted by Gasteiger charge is 2.13. The second kappa shape index (κ2) is 2.53. The van der Waals surface area contributed by atoms with Gasteiger partial charge in [-0.3, -0.25) is 4.79 Å². The van der Waals surface area contributed by atoms with Crippen LogP contribution in [0.15, 0.2) is 0 Å². The van der Waals surface area contributed by atoms with E-state index in [9.17, 15) is 4.79 Å². The average Bonchev–Trinajstić information content (AvgIpc) is 2.12. The van der Waals surface area contributed by atoms with Crippen LogP contribution in [0.3, 0.4) is 0 Å². The van der Waals surface area contributed by atoms with Crippen LogP contribution in [-0.2, 0) is 4.79 Å². The van der Waals surface area contributed by atoms with E-state index < -0.39 is 0 Å². The first-order chi connectivity index (χ1) is 3.80. The van der Waals surface area contributed by atoms with Gasteiger partial charge < -0.3 is 0 Å². The van der Waals surface area contributed by atoms with Crippen molar-refractivity contribution in [2.75, 3.05) is 11.5 Å². The molecule has 0 bridgehead atoms. The molecular weight excluding hydrogens is 120 g/mol. The van der Waals surface area contributed by atoms with Crippen molar-refractivity contribution in [3.8, 4) is 0 Å². The summed E-state index contributed by atoms with van der Waals surface area (Å²) >= 11 is 0. The van der Waals surface area contributed by atoms with Crippen molar-refractivity contribution in [3.05, 3.63) is 0 Å². The van der Waals surface area contributed by atoms with E-state index >= 15 is 0 Å². The van der Waals surface area contributed by atoms with E-state index in [0.717, 1.165) is 0 Å². The van der Waals surface area contributed by atoms with Crippen LogP contribution in [0.4, 0.5) is 0 Å². The normalized spacial score (nSPS) is 23.9. The van der Waals surface area contributed by atoms with Gasteiger partial charge in [-0.05, 0) is 24.3 Å². The summed E-state index contributed by atoms with van der Waals surface area (Å²) in [6.45, 7) is 1.73. The van der Waals surface area contributed by atoms with Crippen molar-refractivity contribution in [2.24, 2.45) is 0 Å². The molecule has 1 fully saturated rings. The standard InChI is InChI=1S/C6H12OS/c1-6(7)8-4-2-3-5-8/h8H,2-5H2,1H3. The minimum atomic E-state index is -0.143. The lowest BCUT2D eigenvalue weighted by Gasteiger charge is -2.05. The molecular formula is C6H12OS. The fourth-order valence-electron chi connectivity index (χ4n) is 1.03. The van der Waals surface area contributed by atoms with E-state index in [1.54, 1.807) is 6.92 Å². The van der Waals surface area contributed by atoms with Crippen LogP contribution in [0.2, 0.25) is 0 Å². The van der Waals surface area contributed by atoms with Crippen molar-refractivity contribution < 1.29 is 4.79 Å². The van der Waals surface area contributed by atoms with Gasteiger partial charge in [0.2, 0.25) is 0 Å². The molecule has 0 aliphatic carbocycles. The Morgan fingerprint density at radius 2 is 1.88 bits per heavy atom. The van der Waals surface area contributed by atoms with E-state index in [1.807, 2.05) is 0 Å². The van der Waals surface area contributed by atoms with E-state index in [0.29, 0.717) is 5.12 Å². The molecule has 0 amide bonds. The Balaban J connectivity index is 2.35. The van der Waals surface area contributed by atoms with Crippen molar-refractivity contribution >= 4 is 16.0 Å². The maximum atomic E-state index is 10.7. The molecule has 1 nitrogen and oxygen atoms in total. The van der Waals surface area contributed by atoms with Gasteiger partial charge in [0, 0.05) is 6.92 Å². The molecule has 0 saturated carbocycles. The number of hydrogen-bond acceptors (Lipinski definition) is 1. The number of carbonyl (C=O) groups excluding carboxylic acids is 1. The van der Waals surface area contributed by atoms with Crippen molar-refractivity contribution in [1.82, 2.24) is 0 Å². The molecule has 1 saturated heterocycles. The topological polar surface area (TPSA) is 17.1 Å². The summed E-state index contributed by atoms with van der Waals surface area (Å²) in [5, 5.41) is 0.456. The predicted octanol–water partition coefficient (Wildman–Crippen LogP) is 1.33. The van der Waals surface area contributed by atoms with Crippen LogP contribution < -0.4 is 0 Å². The highest BCUT2D eigenvalue weighted by molar-refractivity contribution is 8.29. The quantitative estimate of drug-likeness (QED) is 0.492. The van der Waals surface area contributed by atoms with Gasteiger partial charge >= 0.3 is 0 Å². The van der Waals surface area contributed by atoms with Crippen LogP contribution in [0.1, 0.15) is 19.8 Å². The highest BCUT2D eigenvalue weighted by Crippen LogP contribution is 2.34. The van der Waals surface area contributed by atoms with Gasteiger partial charge in [-0.25, -0.2) is 0 Å². The molecule has 0 atom stereocenters. The lowest BCUT2D eigenvalue weighted by Crippen LogP contribution is -1.92. The third-order valence-corrected chi connectivity index (χ3v) is 4.15. The monoisotopic (exact) mass is 132 g/mol. The first kappa shape index (κ1) is 6.14. The lowest BCUT2D eigenvalue weighted by molar-refractivity contribution is -0.109. The van der Waals surface area contributed by atoms with Gasteiger partial charge in [-0.1, -0.05) is 0 Å². The summed E-state index contributed by atoms with van der Waals surface area (Å²) in [5.74, 6) is 2.43. The fraction of sp³-hybridized carbons (Fsp3) is 0.833. The molecule has 48 valence electrons. The SMILES string of the molecule is CC(=O)[SH]1CCCC1. The zero-order valence-electron chi connectivity index (χ0n) is 5.18. The Labute approximate surface area is 52.8 Å². The Morgan fingerprint density at radius 3 is 2.12 bits per heavy atom. The minimum absolute atomic E-state index is 0.143. The molecule has 1 aliphatic rings. The van der Waals surface area contributed by atoms with Gasteiger partial charge in [0.25, 0.3) is 0 Å². The first-order valence-electron chi connectivity index (χ1n) is 3.06. The maximum absolute atomic E-state index is 10.7. The van der Waals surface area contributed by atoms with Crippen molar-refractivity contribution in [2.45, 2.75) is 19.8 Å². The number of hydrogen-bond donors (Lipinski definition) is 1. The largest absolute Gasteiger partial charge is 0.289 e. The maximum Gasteiger partial charge on any atom is 0.166 e. The molecule has 0 N–H and O–H groups in total. The molecule has 1 aliphatic heterocycles. The van der Waals surface area contributed by atoms with Crippen LogP contribution in [-0.4, -0.2) is 16.6 Å². The Morgan fingerprint density at radius 1 is 1.38 bits per heavy atom. The molecule has 0 spiro atoms. The van der Waals surface area contributed by atoms with Gasteiger partial charge in [0.1, 0.15) is 0 Å². The lowest BCUT2D eigenvalue weighted by atomic mass is 10.4. The third-order valence-electron chi connectivity index (χ3n) is 1.55. The molecule has 1 heterocycles. The number of thiol groups is 1. The zero-order chi connectivity index (χ0) is 5.98. The number of carbonyl (C=O) groups is 1. The Bertz CT molecular complexity index is 94.7.